The quantitative estimate of drug-likeness (QED) is 0.716. The van der Waals surface area contributed by atoms with Gasteiger partial charge in [0.1, 0.15) is 5.82 Å². The number of carbonyl (C=O) groups is 1. The zero-order valence-electron chi connectivity index (χ0n) is 13.5. The average molecular weight is 327 g/mol. The Kier molecular flexibility index (Phi) is 4.46. The van der Waals surface area contributed by atoms with E-state index < -0.39 is 5.97 Å². The average Bonchev–Trinajstić information content (AvgIpc) is 2.92. The second-order valence-electron chi connectivity index (χ2n) is 5.44. The lowest BCUT2D eigenvalue weighted by Crippen LogP contribution is -2.05. The van der Waals surface area contributed by atoms with Crippen LogP contribution >= 0.6 is 0 Å². The SMILES string of the molecule is CCCn1cc(Nc2cnccc2C(=O)OC)c2cc(F)ccc21. The van der Waals surface area contributed by atoms with Gasteiger partial charge in [-0.3, -0.25) is 4.98 Å². The van der Waals surface area contributed by atoms with Crippen molar-refractivity contribution in [1.82, 2.24) is 9.55 Å². The van der Waals surface area contributed by atoms with Crippen LogP contribution in [0.15, 0.2) is 42.9 Å². The first-order chi connectivity index (χ1) is 11.6. The third-order valence-corrected chi connectivity index (χ3v) is 3.80. The number of anilines is 2. The van der Waals surface area contributed by atoms with Crippen molar-refractivity contribution < 1.29 is 13.9 Å². The normalized spacial score (nSPS) is 10.8. The second-order valence-corrected chi connectivity index (χ2v) is 5.44. The third kappa shape index (κ3) is 2.95. The molecule has 0 aliphatic heterocycles. The fraction of sp³-hybridized carbons (Fsp3) is 0.222. The Bertz CT molecular complexity index is 889. The molecule has 0 aliphatic carbocycles. The van der Waals surface area contributed by atoms with Crippen molar-refractivity contribution in [2.45, 2.75) is 19.9 Å². The van der Waals surface area contributed by atoms with E-state index in [1.807, 2.05) is 6.20 Å². The smallest absolute Gasteiger partial charge is 0.340 e. The Balaban J connectivity index is 2.08. The number of rotatable bonds is 5. The first kappa shape index (κ1) is 16.0. The van der Waals surface area contributed by atoms with Crippen LogP contribution in [0.25, 0.3) is 10.9 Å². The van der Waals surface area contributed by atoms with Crippen molar-refractivity contribution in [3.8, 4) is 0 Å². The fourth-order valence-electron chi connectivity index (χ4n) is 2.72. The summed E-state index contributed by atoms with van der Waals surface area (Å²) in [6.07, 6.45) is 5.95. The summed E-state index contributed by atoms with van der Waals surface area (Å²) in [6.45, 7) is 2.90. The number of ether oxygens (including phenoxy) is 1. The Hall–Kier alpha value is -2.89. The molecule has 0 aliphatic rings. The first-order valence-electron chi connectivity index (χ1n) is 7.71. The lowest BCUT2D eigenvalue weighted by Gasteiger charge is -2.09. The maximum Gasteiger partial charge on any atom is 0.340 e. The Morgan fingerprint density at radius 2 is 2.17 bits per heavy atom. The van der Waals surface area contributed by atoms with Crippen LogP contribution in [0.4, 0.5) is 15.8 Å². The molecule has 24 heavy (non-hydrogen) atoms. The molecule has 6 heteroatoms. The van der Waals surface area contributed by atoms with Crippen LogP contribution < -0.4 is 5.32 Å². The van der Waals surface area contributed by atoms with E-state index in [0.717, 1.165) is 29.6 Å². The van der Waals surface area contributed by atoms with Gasteiger partial charge in [0.25, 0.3) is 0 Å². The number of carbonyl (C=O) groups excluding carboxylic acids is 1. The maximum atomic E-state index is 13.7. The number of benzene rings is 1. The molecule has 0 unspecified atom stereocenters. The standard InChI is InChI=1S/C18H18FN3O2/c1-3-8-22-11-16(14-9-12(19)4-5-17(14)22)21-15-10-20-7-6-13(15)18(23)24-2/h4-7,9-11,21H,3,8H2,1-2H3. The van der Waals surface area contributed by atoms with Gasteiger partial charge < -0.3 is 14.6 Å². The highest BCUT2D eigenvalue weighted by Gasteiger charge is 2.15. The van der Waals surface area contributed by atoms with Gasteiger partial charge in [-0.05, 0) is 30.7 Å². The fourth-order valence-corrected chi connectivity index (χ4v) is 2.72. The van der Waals surface area contributed by atoms with E-state index >= 15 is 0 Å². The van der Waals surface area contributed by atoms with Crippen molar-refractivity contribution in [1.29, 1.82) is 0 Å². The van der Waals surface area contributed by atoms with Crippen molar-refractivity contribution in [3.05, 3.63) is 54.2 Å². The summed E-state index contributed by atoms with van der Waals surface area (Å²) in [5.74, 6) is -0.762. The van der Waals surface area contributed by atoms with Gasteiger partial charge in [0.05, 0.1) is 35.8 Å². The molecule has 0 bridgehead atoms. The number of esters is 1. The van der Waals surface area contributed by atoms with E-state index in [1.54, 1.807) is 18.3 Å². The number of aryl methyl sites for hydroxylation is 1. The van der Waals surface area contributed by atoms with Crippen LogP contribution in [0.5, 0.6) is 0 Å². The topological polar surface area (TPSA) is 56.2 Å². The Morgan fingerprint density at radius 1 is 1.33 bits per heavy atom. The summed E-state index contributed by atoms with van der Waals surface area (Å²) in [5, 5.41) is 3.94. The van der Waals surface area contributed by atoms with Gasteiger partial charge in [-0.25, -0.2) is 9.18 Å². The van der Waals surface area contributed by atoms with Gasteiger partial charge in [-0.15, -0.1) is 0 Å². The van der Waals surface area contributed by atoms with Gasteiger partial charge in [0, 0.05) is 24.3 Å². The van der Waals surface area contributed by atoms with E-state index in [4.69, 9.17) is 4.74 Å². The number of hydrogen-bond donors (Lipinski definition) is 1. The van der Waals surface area contributed by atoms with Crippen LogP contribution in [0.3, 0.4) is 0 Å². The molecule has 3 rings (SSSR count). The predicted octanol–water partition coefficient (Wildman–Crippen LogP) is 4.12. The number of nitrogens with one attached hydrogen (secondary N) is 1. The summed E-state index contributed by atoms with van der Waals surface area (Å²) in [6, 6.07) is 6.27. The van der Waals surface area contributed by atoms with Crippen molar-refractivity contribution >= 4 is 28.2 Å². The summed E-state index contributed by atoms with van der Waals surface area (Å²) in [4.78, 5) is 15.9. The highest BCUT2D eigenvalue weighted by molar-refractivity contribution is 5.99. The molecule has 5 nitrogen and oxygen atoms in total. The highest BCUT2D eigenvalue weighted by Crippen LogP contribution is 2.30. The van der Waals surface area contributed by atoms with Crippen LogP contribution in [0.2, 0.25) is 0 Å². The molecule has 0 saturated heterocycles. The largest absolute Gasteiger partial charge is 0.465 e. The molecule has 1 aromatic carbocycles. The molecular formula is C18H18FN3O2. The molecule has 2 heterocycles. The lowest BCUT2D eigenvalue weighted by atomic mass is 10.2. The number of methoxy groups -OCH3 is 1. The van der Waals surface area contributed by atoms with Gasteiger partial charge in [0.2, 0.25) is 0 Å². The zero-order valence-corrected chi connectivity index (χ0v) is 13.5. The molecule has 0 amide bonds. The third-order valence-electron chi connectivity index (χ3n) is 3.80. The van der Waals surface area contributed by atoms with E-state index in [9.17, 15) is 9.18 Å². The molecule has 124 valence electrons. The van der Waals surface area contributed by atoms with Gasteiger partial charge in [-0.1, -0.05) is 6.92 Å². The van der Waals surface area contributed by atoms with E-state index in [-0.39, 0.29) is 5.82 Å². The summed E-state index contributed by atoms with van der Waals surface area (Å²) >= 11 is 0. The predicted molar refractivity (Wildman–Crippen MR) is 91.0 cm³/mol. The Morgan fingerprint density at radius 3 is 2.92 bits per heavy atom. The molecule has 0 spiro atoms. The Labute approximate surface area is 139 Å². The monoisotopic (exact) mass is 327 g/mol. The molecule has 0 saturated carbocycles. The van der Waals surface area contributed by atoms with E-state index in [0.29, 0.717) is 11.3 Å². The van der Waals surface area contributed by atoms with Crippen LogP contribution in [-0.4, -0.2) is 22.6 Å². The first-order valence-corrected chi connectivity index (χ1v) is 7.71. The molecule has 0 fully saturated rings. The minimum absolute atomic E-state index is 0.306. The molecule has 2 aromatic heterocycles. The van der Waals surface area contributed by atoms with Crippen molar-refractivity contribution in [2.24, 2.45) is 0 Å². The minimum Gasteiger partial charge on any atom is -0.465 e. The van der Waals surface area contributed by atoms with Crippen LogP contribution in [0, 0.1) is 5.82 Å². The van der Waals surface area contributed by atoms with Crippen molar-refractivity contribution in [2.75, 3.05) is 12.4 Å². The van der Waals surface area contributed by atoms with Crippen LogP contribution in [0.1, 0.15) is 23.7 Å². The van der Waals surface area contributed by atoms with Gasteiger partial charge >= 0.3 is 5.97 Å². The lowest BCUT2D eigenvalue weighted by molar-refractivity contribution is 0.0602. The summed E-state index contributed by atoms with van der Waals surface area (Å²) in [5.41, 5.74) is 2.55. The number of halogens is 1. The summed E-state index contributed by atoms with van der Waals surface area (Å²) in [7, 11) is 1.33. The molecule has 3 aromatic rings. The van der Waals surface area contributed by atoms with E-state index in [2.05, 4.69) is 21.8 Å². The second kappa shape index (κ2) is 6.70. The van der Waals surface area contributed by atoms with E-state index in [1.165, 1.54) is 25.4 Å². The zero-order chi connectivity index (χ0) is 17.1. The number of pyridine rings is 1. The molecular weight excluding hydrogens is 309 g/mol. The van der Waals surface area contributed by atoms with Crippen LogP contribution in [-0.2, 0) is 11.3 Å². The molecule has 1 N–H and O–H groups in total. The van der Waals surface area contributed by atoms with Crippen molar-refractivity contribution in [3.63, 3.8) is 0 Å². The highest BCUT2D eigenvalue weighted by atomic mass is 19.1. The number of aromatic nitrogens is 2. The number of fused-ring (bicyclic) bond motifs is 1. The number of nitrogens with zero attached hydrogens (tertiary/aromatic N) is 2. The number of hydrogen-bond acceptors (Lipinski definition) is 4. The molecule has 0 atom stereocenters. The van der Waals surface area contributed by atoms with Gasteiger partial charge in [0.15, 0.2) is 0 Å². The maximum absolute atomic E-state index is 13.7. The van der Waals surface area contributed by atoms with Gasteiger partial charge in [-0.2, -0.15) is 0 Å². The molecule has 0 radical (unpaired) electrons. The minimum atomic E-state index is -0.455. The summed E-state index contributed by atoms with van der Waals surface area (Å²) < 4.78 is 20.5.